The molecule has 1 aliphatic heterocycles. The molecule has 1 aromatic rings. The molecule has 2 rings (SSSR count). The fraction of sp³-hybridized carbons (Fsp3) is 0.600. The van der Waals surface area contributed by atoms with Gasteiger partial charge in [0.1, 0.15) is 5.82 Å². The minimum absolute atomic E-state index is 0.629. The van der Waals surface area contributed by atoms with E-state index in [0.29, 0.717) is 5.56 Å². The second-order valence-corrected chi connectivity index (χ2v) is 4.42. The van der Waals surface area contributed by atoms with Crippen LogP contribution in [0.2, 0.25) is 0 Å². The van der Waals surface area contributed by atoms with E-state index in [1.165, 1.54) is 6.42 Å². The van der Waals surface area contributed by atoms with E-state index >= 15 is 0 Å². The molecule has 1 aliphatic rings. The van der Waals surface area contributed by atoms with Gasteiger partial charge in [-0.1, -0.05) is 20.3 Å². The zero-order chi connectivity index (χ0) is 15.2. The Morgan fingerprint density at radius 3 is 2.25 bits per heavy atom. The second kappa shape index (κ2) is 12.6. The minimum atomic E-state index is 0.629. The summed E-state index contributed by atoms with van der Waals surface area (Å²) in [4.78, 5) is 16.9. The topological polar surface area (TPSA) is 54.5 Å². The number of nitrogens with one attached hydrogen (secondary N) is 1. The van der Waals surface area contributed by atoms with Gasteiger partial charge in [-0.25, -0.2) is 4.98 Å². The molecule has 1 saturated heterocycles. The molecule has 1 N–H and O–H groups in total. The number of hydrogen-bond acceptors (Lipinski definition) is 5. The molecule has 0 aliphatic carbocycles. The number of pyridine rings is 1. The predicted octanol–water partition coefficient (Wildman–Crippen LogP) is 1.98. The molecule has 0 unspecified atom stereocenters. The smallest absolute Gasteiger partial charge is 0.151 e. The first kappa shape index (κ1) is 18.5. The normalized spacial score (nSPS) is 13.5. The van der Waals surface area contributed by atoms with Crippen molar-refractivity contribution in [3.8, 4) is 0 Å². The molecule has 0 aromatic carbocycles. The molecule has 114 valence electrons. The SMILES string of the molecule is CCC.COC.O=Cc1ccc(N2CCNCC2)nc1. The standard InChI is InChI=1S/C10H13N3O.C3H8.C2H6O/c14-8-9-1-2-10(12-7-9)13-5-3-11-4-6-13;2*1-3-2/h1-2,7-8,11H,3-6H2;3H2,1-2H3;1-2H3. The Labute approximate surface area is 122 Å². The van der Waals surface area contributed by atoms with Crippen LogP contribution in [0.25, 0.3) is 0 Å². The van der Waals surface area contributed by atoms with E-state index in [4.69, 9.17) is 0 Å². The van der Waals surface area contributed by atoms with Crippen LogP contribution < -0.4 is 10.2 Å². The third kappa shape index (κ3) is 7.86. The van der Waals surface area contributed by atoms with Gasteiger partial charge < -0.3 is 15.0 Å². The van der Waals surface area contributed by atoms with Crippen LogP contribution in [0.1, 0.15) is 30.6 Å². The molecule has 1 fully saturated rings. The van der Waals surface area contributed by atoms with Gasteiger partial charge in [0.2, 0.25) is 0 Å². The van der Waals surface area contributed by atoms with Gasteiger partial charge in [0.15, 0.2) is 6.29 Å². The summed E-state index contributed by atoms with van der Waals surface area (Å²) in [5.41, 5.74) is 0.629. The van der Waals surface area contributed by atoms with Crippen molar-refractivity contribution in [1.82, 2.24) is 10.3 Å². The van der Waals surface area contributed by atoms with Gasteiger partial charge in [0.25, 0.3) is 0 Å². The van der Waals surface area contributed by atoms with Crippen LogP contribution in [0, 0.1) is 0 Å². The lowest BCUT2D eigenvalue weighted by Gasteiger charge is -2.28. The molecule has 5 nitrogen and oxygen atoms in total. The molecule has 5 heteroatoms. The van der Waals surface area contributed by atoms with Crippen molar-refractivity contribution in [3.05, 3.63) is 23.9 Å². The van der Waals surface area contributed by atoms with E-state index in [1.54, 1.807) is 26.5 Å². The van der Waals surface area contributed by atoms with Crippen LogP contribution in [-0.2, 0) is 4.74 Å². The monoisotopic (exact) mass is 281 g/mol. The van der Waals surface area contributed by atoms with Gasteiger partial charge in [0.05, 0.1) is 0 Å². The molecular weight excluding hydrogens is 254 g/mol. The Morgan fingerprint density at radius 2 is 1.85 bits per heavy atom. The van der Waals surface area contributed by atoms with Crippen molar-refractivity contribution in [3.63, 3.8) is 0 Å². The predicted molar refractivity (Wildman–Crippen MR) is 83.6 cm³/mol. The van der Waals surface area contributed by atoms with Gasteiger partial charge in [0, 0.05) is 52.2 Å². The maximum atomic E-state index is 10.4. The van der Waals surface area contributed by atoms with E-state index in [0.717, 1.165) is 38.3 Å². The molecular formula is C15H27N3O2. The number of nitrogens with zero attached hydrogens (tertiary/aromatic N) is 2. The zero-order valence-electron chi connectivity index (χ0n) is 13.1. The van der Waals surface area contributed by atoms with Crippen molar-refractivity contribution in [2.24, 2.45) is 0 Å². The van der Waals surface area contributed by atoms with Crippen molar-refractivity contribution in [1.29, 1.82) is 0 Å². The highest BCUT2D eigenvalue weighted by Gasteiger charge is 2.10. The molecule has 0 amide bonds. The van der Waals surface area contributed by atoms with Gasteiger partial charge in [-0.05, 0) is 12.1 Å². The number of carbonyl (C=O) groups excluding carboxylic acids is 1. The maximum Gasteiger partial charge on any atom is 0.151 e. The van der Waals surface area contributed by atoms with Crippen molar-refractivity contribution >= 4 is 12.1 Å². The third-order valence-corrected chi connectivity index (χ3v) is 2.35. The van der Waals surface area contributed by atoms with Crippen molar-refractivity contribution in [2.45, 2.75) is 20.3 Å². The molecule has 20 heavy (non-hydrogen) atoms. The Kier molecular flexibility index (Phi) is 11.7. The van der Waals surface area contributed by atoms with E-state index in [1.807, 2.05) is 6.07 Å². The summed E-state index contributed by atoms with van der Waals surface area (Å²) in [6.07, 6.45) is 3.68. The van der Waals surface area contributed by atoms with Gasteiger partial charge in [-0.2, -0.15) is 0 Å². The number of ether oxygens (including phenoxy) is 1. The lowest BCUT2D eigenvalue weighted by molar-refractivity contribution is 0.112. The first-order chi connectivity index (χ1) is 9.73. The molecule has 0 spiro atoms. The van der Waals surface area contributed by atoms with E-state index < -0.39 is 0 Å². The van der Waals surface area contributed by atoms with E-state index in [-0.39, 0.29) is 0 Å². The zero-order valence-corrected chi connectivity index (χ0v) is 13.1. The molecule has 0 radical (unpaired) electrons. The number of hydrogen-bond donors (Lipinski definition) is 1. The van der Waals surface area contributed by atoms with E-state index in [9.17, 15) is 4.79 Å². The lowest BCUT2D eigenvalue weighted by Crippen LogP contribution is -2.43. The maximum absolute atomic E-state index is 10.4. The Hall–Kier alpha value is -1.46. The highest BCUT2D eigenvalue weighted by Crippen LogP contribution is 2.10. The number of carbonyl (C=O) groups is 1. The van der Waals surface area contributed by atoms with Crippen LogP contribution in [0.15, 0.2) is 18.3 Å². The number of piperazine rings is 1. The van der Waals surface area contributed by atoms with Crippen LogP contribution >= 0.6 is 0 Å². The lowest BCUT2D eigenvalue weighted by atomic mass is 10.3. The number of rotatable bonds is 2. The molecule has 0 bridgehead atoms. The fourth-order valence-corrected chi connectivity index (χ4v) is 1.55. The Morgan fingerprint density at radius 1 is 1.30 bits per heavy atom. The summed E-state index contributed by atoms with van der Waals surface area (Å²) < 4.78 is 4.25. The summed E-state index contributed by atoms with van der Waals surface area (Å²) in [6, 6.07) is 3.70. The van der Waals surface area contributed by atoms with Crippen LogP contribution in [0.5, 0.6) is 0 Å². The average Bonchev–Trinajstić information content (AvgIpc) is 2.50. The van der Waals surface area contributed by atoms with Crippen LogP contribution in [-0.4, -0.2) is 51.7 Å². The van der Waals surface area contributed by atoms with Crippen molar-refractivity contribution in [2.75, 3.05) is 45.3 Å². The molecule has 2 heterocycles. The summed E-state index contributed by atoms with van der Waals surface area (Å²) in [7, 11) is 3.25. The number of methoxy groups -OCH3 is 1. The largest absolute Gasteiger partial charge is 0.388 e. The van der Waals surface area contributed by atoms with Gasteiger partial charge in [-0.15, -0.1) is 0 Å². The second-order valence-electron chi connectivity index (χ2n) is 4.42. The molecule has 0 atom stereocenters. The van der Waals surface area contributed by atoms with Gasteiger partial charge >= 0.3 is 0 Å². The van der Waals surface area contributed by atoms with E-state index in [2.05, 4.69) is 33.8 Å². The highest BCUT2D eigenvalue weighted by molar-refractivity contribution is 5.74. The summed E-state index contributed by atoms with van der Waals surface area (Å²) in [5, 5.41) is 3.28. The van der Waals surface area contributed by atoms with Crippen LogP contribution in [0.4, 0.5) is 5.82 Å². The Bertz CT molecular complexity index is 333. The Balaban J connectivity index is 0.000000520. The van der Waals surface area contributed by atoms with Crippen molar-refractivity contribution < 1.29 is 9.53 Å². The summed E-state index contributed by atoms with van der Waals surface area (Å²) in [6.45, 7) is 8.20. The first-order valence-corrected chi connectivity index (χ1v) is 7.00. The number of aromatic nitrogens is 1. The average molecular weight is 281 g/mol. The third-order valence-electron chi connectivity index (χ3n) is 2.35. The number of anilines is 1. The quantitative estimate of drug-likeness (QED) is 0.840. The summed E-state index contributed by atoms with van der Waals surface area (Å²) in [5.74, 6) is 0.956. The molecule has 1 aromatic heterocycles. The molecule has 0 saturated carbocycles. The minimum Gasteiger partial charge on any atom is -0.388 e. The van der Waals surface area contributed by atoms with Crippen LogP contribution in [0.3, 0.4) is 0 Å². The fourth-order valence-electron chi connectivity index (χ4n) is 1.55. The van der Waals surface area contributed by atoms with Gasteiger partial charge in [-0.3, -0.25) is 4.79 Å². The number of aldehydes is 1. The summed E-state index contributed by atoms with van der Waals surface area (Å²) >= 11 is 0. The first-order valence-electron chi connectivity index (χ1n) is 7.00. The highest BCUT2D eigenvalue weighted by atomic mass is 16.4.